The molecule has 3 heterocycles. The largest absolute Gasteiger partial charge is 0.474 e. The van der Waals surface area contributed by atoms with Gasteiger partial charge in [-0.25, -0.2) is 9.37 Å². The number of carbonyl (C=O) groups is 1. The molecule has 0 saturated carbocycles. The summed E-state index contributed by atoms with van der Waals surface area (Å²) in [5.74, 6) is 0.0441. The van der Waals surface area contributed by atoms with E-state index in [1.54, 1.807) is 42.2 Å². The van der Waals surface area contributed by atoms with Gasteiger partial charge in [-0.15, -0.1) is 0 Å². The van der Waals surface area contributed by atoms with Gasteiger partial charge >= 0.3 is 0 Å². The summed E-state index contributed by atoms with van der Waals surface area (Å²) in [6.45, 7) is 4.76. The number of benzene rings is 1. The zero-order chi connectivity index (χ0) is 22.0. The quantitative estimate of drug-likeness (QED) is 0.591. The maximum absolute atomic E-state index is 13.5. The molecule has 0 unspecified atom stereocenters. The molecule has 6 nitrogen and oxygen atoms in total. The fourth-order valence-corrected chi connectivity index (χ4v) is 4.13. The van der Waals surface area contributed by atoms with Crippen molar-refractivity contribution in [1.29, 1.82) is 0 Å². The molecule has 8 heteroatoms. The summed E-state index contributed by atoms with van der Waals surface area (Å²) < 4.78 is 19.6. The lowest BCUT2D eigenvalue weighted by atomic mass is 9.86. The molecule has 3 aromatic rings. The summed E-state index contributed by atoms with van der Waals surface area (Å²) in [5.41, 5.74) is 2.14. The van der Waals surface area contributed by atoms with Gasteiger partial charge < -0.3 is 9.64 Å². The lowest BCUT2D eigenvalue weighted by Gasteiger charge is -2.25. The van der Waals surface area contributed by atoms with Crippen molar-refractivity contribution in [3.8, 4) is 5.88 Å². The van der Waals surface area contributed by atoms with E-state index in [0.29, 0.717) is 35.2 Å². The van der Waals surface area contributed by atoms with Crippen LogP contribution in [0.1, 0.15) is 34.5 Å². The van der Waals surface area contributed by atoms with Crippen LogP contribution in [0, 0.1) is 18.7 Å². The summed E-state index contributed by atoms with van der Waals surface area (Å²) in [7, 11) is 0. The van der Waals surface area contributed by atoms with E-state index in [1.165, 1.54) is 24.5 Å². The predicted molar refractivity (Wildman–Crippen MR) is 115 cm³/mol. The number of amides is 1. The molecule has 0 N–H and O–H groups in total. The second-order valence-electron chi connectivity index (χ2n) is 7.76. The number of aryl methyl sites for hydroxylation is 1. The Labute approximate surface area is 185 Å². The van der Waals surface area contributed by atoms with Crippen molar-refractivity contribution < 1.29 is 13.9 Å². The Morgan fingerprint density at radius 2 is 1.97 bits per heavy atom. The zero-order valence-electron chi connectivity index (χ0n) is 17.2. The lowest BCUT2D eigenvalue weighted by molar-refractivity contribution is 0.0769. The molecule has 160 valence electrons. The molecule has 1 aromatic carbocycles. The van der Waals surface area contributed by atoms with Crippen LogP contribution in [0.15, 0.2) is 54.9 Å². The standard InChI is InChI=1S/C23H22ClFN4O2/c1-14-9-17(10-27-28-14)23(30)29-12-20(15(2)31-22-8-5-18(24)11-26-22)21(13-29)16-3-6-19(25)7-4-16/h3-11,15,20-21H,12-13H2,1-2H3/t15-,20+,21+/m0/s1. The number of halogens is 2. The monoisotopic (exact) mass is 440 g/mol. The normalized spacial score (nSPS) is 19.3. The van der Waals surface area contributed by atoms with Gasteiger partial charge in [0, 0.05) is 37.2 Å². The molecule has 0 bridgehead atoms. The molecule has 1 fully saturated rings. The number of carbonyl (C=O) groups excluding carboxylic acids is 1. The highest BCUT2D eigenvalue weighted by Crippen LogP contribution is 2.37. The third-order valence-corrected chi connectivity index (χ3v) is 5.81. The number of pyridine rings is 1. The maximum atomic E-state index is 13.5. The summed E-state index contributed by atoms with van der Waals surface area (Å²) in [6.07, 6.45) is 2.77. The van der Waals surface area contributed by atoms with E-state index in [0.717, 1.165) is 5.56 Å². The van der Waals surface area contributed by atoms with Crippen LogP contribution in [0.2, 0.25) is 5.02 Å². The Bertz CT molecular complexity index is 1060. The van der Waals surface area contributed by atoms with E-state index in [2.05, 4.69) is 15.2 Å². The predicted octanol–water partition coefficient (Wildman–Crippen LogP) is 4.30. The summed E-state index contributed by atoms with van der Waals surface area (Å²) in [5, 5.41) is 8.35. The molecule has 2 aromatic heterocycles. The topological polar surface area (TPSA) is 68.2 Å². The van der Waals surface area contributed by atoms with Gasteiger partial charge in [0.15, 0.2) is 0 Å². The molecular weight excluding hydrogens is 419 g/mol. The first-order valence-electron chi connectivity index (χ1n) is 10.0. The highest BCUT2D eigenvalue weighted by atomic mass is 35.5. The smallest absolute Gasteiger partial charge is 0.255 e. The van der Waals surface area contributed by atoms with Crippen LogP contribution in [-0.2, 0) is 0 Å². The molecule has 0 spiro atoms. The van der Waals surface area contributed by atoms with Gasteiger partial charge in [0.1, 0.15) is 11.9 Å². The minimum Gasteiger partial charge on any atom is -0.474 e. The number of aromatic nitrogens is 3. The van der Waals surface area contributed by atoms with Crippen LogP contribution < -0.4 is 4.74 Å². The molecule has 1 aliphatic rings. The first kappa shape index (κ1) is 21.2. The van der Waals surface area contributed by atoms with Crippen LogP contribution in [0.4, 0.5) is 4.39 Å². The first-order chi connectivity index (χ1) is 14.9. The van der Waals surface area contributed by atoms with Crippen molar-refractivity contribution in [3.63, 3.8) is 0 Å². The van der Waals surface area contributed by atoms with Crippen LogP contribution in [0.5, 0.6) is 5.88 Å². The average molecular weight is 441 g/mol. The van der Waals surface area contributed by atoms with Gasteiger partial charge in [-0.2, -0.15) is 10.2 Å². The minimum atomic E-state index is -0.292. The Morgan fingerprint density at radius 3 is 2.65 bits per heavy atom. The fraction of sp³-hybridized carbons (Fsp3) is 0.304. The van der Waals surface area contributed by atoms with Crippen molar-refractivity contribution in [2.75, 3.05) is 13.1 Å². The Balaban J connectivity index is 1.59. The molecule has 1 aliphatic heterocycles. The van der Waals surface area contributed by atoms with E-state index in [9.17, 15) is 9.18 Å². The summed E-state index contributed by atoms with van der Waals surface area (Å²) in [6, 6.07) is 11.6. The van der Waals surface area contributed by atoms with Crippen molar-refractivity contribution >= 4 is 17.5 Å². The van der Waals surface area contributed by atoms with Gasteiger partial charge in [0.2, 0.25) is 5.88 Å². The lowest BCUT2D eigenvalue weighted by Crippen LogP contribution is -2.32. The number of ether oxygens (including phenoxy) is 1. The fourth-order valence-electron chi connectivity index (χ4n) is 4.02. The second kappa shape index (κ2) is 8.98. The molecule has 1 amide bonds. The first-order valence-corrected chi connectivity index (χ1v) is 10.4. The number of nitrogens with zero attached hydrogens (tertiary/aromatic N) is 4. The Morgan fingerprint density at radius 1 is 1.19 bits per heavy atom. The van der Waals surface area contributed by atoms with Crippen LogP contribution >= 0.6 is 11.6 Å². The van der Waals surface area contributed by atoms with Crippen LogP contribution in [-0.4, -0.2) is 45.2 Å². The van der Waals surface area contributed by atoms with Crippen molar-refractivity contribution in [1.82, 2.24) is 20.1 Å². The van der Waals surface area contributed by atoms with Crippen LogP contribution in [0.3, 0.4) is 0 Å². The van der Waals surface area contributed by atoms with Gasteiger partial charge in [0.05, 0.1) is 22.5 Å². The maximum Gasteiger partial charge on any atom is 0.255 e. The van der Waals surface area contributed by atoms with E-state index in [1.807, 2.05) is 6.92 Å². The van der Waals surface area contributed by atoms with Gasteiger partial charge in [-0.1, -0.05) is 23.7 Å². The number of hydrogen-bond donors (Lipinski definition) is 0. The second-order valence-corrected chi connectivity index (χ2v) is 8.19. The zero-order valence-corrected chi connectivity index (χ0v) is 18.0. The van der Waals surface area contributed by atoms with E-state index in [-0.39, 0.29) is 29.7 Å². The number of rotatable bonds is 5. The average Bonchev–Trinajstić information content (AvgIpc) is 3.21. The number of likely N-dealkylation sites (tertiary alicyclic amines) is 1. The molecule has 0 aliphatic carbocycles. The SMILES string of the molecule is Cc1cc(C(=O)N2C[C@H]([C@H](C)Oc3ccc(Cl)cn3)[C@@H](c3ccc(F)cc3)C2)cnn1. The molecule has 31 heavy (non-hydrogen) atoms. The third kappa shape index (κ3) is 4.82. The van der Waals surface area contributed by atoms with Gasteiger partial charge in [0.25, 0.3) is 5.91 Å². The molecule has 1 saturated heterocycles. The Kier molecular flexibility index (Phi) is 6.13. The highest BCUT2D eigenvalue weighted by Gasteiger charge is 2.40. The number of hydrogen-bond acceptors (Lipinski definition) is 5. The molecule has 0 radical (unpaired) electrons. The van der Waals surface area contributed by atoms with E-state index >= 15 is 0 Å². The molecule has 4 rings (SSSR count). The Hall–Kier alpha value is -3.06. The molecular formula is C23H22ClFN4O2. The summed E-state index contributed by atoms with van der Waals surface area (Å²) >= 11 is 5.91. The van der Waals surface area contributed by atoms with Crippen molar-refractivity contribution in [2.24, 2.45) is 5.92 Å². The highest BCUT2D eigenvalue weighted by molar-refractivity contribution is 6.30. The van der Waals surface area contributed by atoms with E-state index in [4.69, 9.17) is 16.3 Å². The van der Waals surface area contributed by atoms with Crippen LogP contribution in [0.25, 0.3) is 0 Å². The van der Waals surface area contributed by atoms with Gasteiger partial charge in [-0.05, 0) is 43.7 Å². The molecule has 3 atom stereocenters. The van der Waals surface area contributed by atoms with Crippen molar-refractivity contribution in [3.05, 3.63) is 82.5 Å². The summed E-state index contributed by atoms with van der Waals surface area (Å²) in [4.78, 5) is 19.1. The minimum absolute atomic E-state index is 0.0113. The van der Waals surface area contributed by atoms with Crippen molar-refractivity contribution in [2.45, 2.75) is 25.9 Å². The third-order valence-electron chi connectivity index (χ3n) is 5.58. The van der Waals surface area contributed by atoms with E-state index < -0.39 is 0 Å². The van der Waals surface area contributed by atoms with Gasteiger partial charge in [-0.3, -0.25) is 4.79 Å².